The van der Waals surface area contributed by atoms with Gasteiger partial charge in [0.2, 0.25) is 0 Å². The fraction of sp³-hybridized carbons (Fsp3) is 0.273. The third-order valence-electron chi connectivity index (χ3n) is 2.53. The average Bonchev–Trinajstić information content (AvgIpc) is 2.63. The second kappa shape index (κ2) is 4.27. The molecule has 0 saturated carbocycles. The van der Waals surface area contributed by atoms with Crippen molar-refractivity contribution >= 4 is 43.3 Å². The van der Waals surface area contributed by atoms with E-state index in [-0.39, 0.29) is 5.56 Å². The molecule has 2 aromatic rings. The van der Waals surface area contributed by atoms with Crippen LogP contribution in [0.1, 0.15) is 15.2 Å². The Bertz CT molecular complexity index is 671. The number of ether oxygens (including phenoxy) is 1. The van der Waals surface area contributed by atoms with E-state index in [1.54, 1.807) is 13.2 Å². The minimum absolute atomic E-state index is 0.187. The zero-order valence-electron chi connectivity index (χ0n) is 9.54. The minimum Gasteiger partial charge on any atom is -0.465 e. The number of aryl methyl sites for hydroxylation is 2. The van der Waals surface area contributed by atoms with Gasteiger partial charge in [-0.05, 0) is 22.9 Å². The molecule has 0 N–H and O–H groups in total. The van der Waals surface area contributed by atoms with Crippen molar-refractivity contribution in [2.24, 2.45) is 7.05 Å². The van der Waals surface area contributed by atoms with Crippen LogP contribution < -0.4 is 5.56 Å². The fourth-order valence-corrected chi connectivity index (χ4v) is 3.51. The highest BCUT2D eigenvalue weighted by Gasteiger charge is 2.21. The average molecular weight is 316 g/mol. The molecular weight excluding hydrogens is 306 g/mol. The number of aromatic nitrogens is 1. The summed E-state index contributed by atoms with van der Waals surface area (Å²) in [6.07, 6.45) is 1.70. The normalized spacial score (nSPS) is 10.8. The number of thiophene rings is 1. The van der Waals surface area contributed by atoms with Gasteiger partial charge in [-0.15, -0.1) is 11.3 Å². The van der Waals surface area contributed by atoms with Gasteiger partial charge in [-0.3, -0.25) is 4.79 Å². The van der Waals surface area contributed by atoms with Crippen molar-refractivity contribution in [3.8, 4) is 0 Å². The molecule has 2 rings (SSSR count). The highest BCUT2D eigenvalue weighted by molar-refractivity contribution is 9.10. The standard InChI is InChI=1S/C11H10BrNO3S/c1-5-7(11(15)16-3)8-9(17-5)6(12)4-13(2)10(8)14/h4H,1-3H3. The van der Waals surface area contributed by atoms with Gasteiger partial charge in [-0.2, -0.15) is 0 Å². The van der Waals surface area contributed by atoms with E-state index in [1.807, 2.05) is 6.92 Å². The van der Waals surface area contributed by atoms with E-state index in [4.69, 9.17) is 4.74 Å². The van der Waals surface area contributed by atoms with Crippen LogP contribution in [0.15, 0.2) is 15.5 Å². The topological polar surface area (TPSA) is 48.3 Å². The highest BCUT2D eigenvalue weighted by atomic mass is 79.9. The Morgan fingerprint density at radius 1 is 1.53 bits per heavy atom. The van der Waals surface area contributed by atoms with E-state index < -0.39 is 5.97 Å². The van der Waals surface area contributed by atoms with Gasteiger partial charge < -0.3 is 9.30 Å². The van der Waals surface area contributed by atoms with Gasteiger partial charge in [0.1, 0.15) is 0 Å². The molecule has 0 unspecified atom stereocenters. The van der Waals surface area contributed by atoms with E-state index in [1.165, 1.54) is 23.0 Å². The van der Waals surface area contributed by atoms with Crippen molar-refractivity contribution in [1.82, 2.24) is 4.57 Å². The van der Waals surface area contributed by atoms with Crippen LogP contribution in [-0.4, -0.2) is 17.6 Å². The summed E-state index contributed by atoms with van der Waals surface area (Å²) in [7, 11) is 2.97. The third kappa shape index (κ3) is 1.81. The molecule has 0 aromatic carbocycles. The van der Waals surface area contributed by atoms with Crippen molar-refractivity contribution in [2.75, 3.05) is 7.11 Å². The van der Waals surface area contributed by atoms with Crippen molar-refractivity contribution in [1.29, 1.82) is 0 Å². The summed E-state index contributed by atoms with van der Waals surface area (Å²) in [4.78, 5) is 24.6. The van der Waals surface area contributed by atoms with Gasteiger partial charge in [0.25, 0.3) is 5.56 Å². The van der Waals surface area contributed by atoms with Crippen LogP contribution in [0.5, 0.6) is 0 Å². The zero-order valence-corrected chi connectivity index (χ0v) is 11.9. The molecule has 0 bridgehead atoms. The number of carbonyl (C=O) groups is 1. The molecule has 0 spiro atoms. The molecule has 0 saturated heterocycles. The van der Waals surface area contributed by atoms with Gasteiger partial charge >= 0.3 is 5.97 Å². The first-order chi connectivity index (χ1) is 7.97. The number of methoxy groups -OCH3 is 1. The number of pyridine rings is 1. The Morgan fingerprint density at radius 2 is 2.18 bits per heavy atom. The van der Waals surface area contributed by atoms with Crippen LogP contribution in [0.4, 0.5) is 0 Å². The van der Waals surface area contributed by atoms with Crippen LogP contribution in [0.2, 0.25) is 0 Å². The summed E-state index contributed by atoms with van der Waals surface area (Å²) in [5, 5.41) is 0.427. The summed E-state index contributed by atoms with van der Waals surface area (Å²) < 4.78 is 7.76. The molecule has 0 fully saturated rings. The van der Waals surface area contributed by atoms with E-state index >= 15 is 0 Å². The van der Waals surface area contributed by atoms with E-state index in [0.29, 0.717) is 10.9 Å². The van der Waals surface area contributed by atoms with Crippen molar-refractivity contribution < 1.29 is 9.53 Å². The molecule has 90 valence electrons. The first kappa shape index (κ1) is 12.3. The molecule has 4 nitrogen and oxygen atoms in total. The first-order valence-electron chi connectivity index (χ1n) is 4.84. The molecule has 0 amide bonds. The number of hydrogen-bond donors (Lipinski definition) is 0. The molecule has 0 aliphatic carbocycles. The quantitative estimate of drug-likeness (QED) is 0.759. The maximum atomic E-state index is 12.1. The Hall–Kier alpha value is -1.14. The first-order valence-corrected chi connectivity index (χ1v) is 6.45. The van der Waals surface area contributed by atoms with Crippen molar-refractivity contribution in [3.05, 3.63) is 31.5 Å². The Kier molecular flexibility index (Phi) is 3.09. The predicted octanol–water partition coefficient (Wildman–Crippen LogP) is 2.46. The van der Waals surface area contributed by atoms with Crippen molar-refractivity contribution in [3.63, 3.8) is 0 Å². The smallest absolute Gasteiger partial charge is 0.339 e. The van der Waals surface area contributed by atoms with Gasteiger partial charge in [0.05, 0.1) is 27.2 Å². The Morgan fingerprint density at radius 3 is 2.76 bits per heavy atom. The van der Waals surface area contributed by atoms with Gasteiger partial charge in [0, 0.05) is 18.1 Å². The molecule has 0 atom stereocenters. The van der Waals surface area contributed by atoms with E-state index in [0.717, 1.165) is 14.0 Å². The summed E-state index contributed by atoms with van der Waals surface area (Å²) in [6.45, 7) is 1.81. The van der Waals surface area contributed by atoms with Crippen LogP contribution in [-0.2, 0) is 11.8 Å². The maximum absolute atomic E-state index is 12.1. The summed E-state index contributed by atoms with van der Waals surface area (Å²) in [5.41, 5.74) is 0.183. The van der Waals surface area contributed by atoms with Crippen LogP contribution in [0.3, 0.4) is 0 Å². The third-order valence-corrected chi connectivity index (χ3v) is 4.53. The van der Waals surface area contributed by atoms with Crippen LogP contribution in [0.25, 0.3) is 10.1 Å². The van der Waals surface area contributed by atoms with E-state index in [9.17, 15) is 9.59 Å². The number of esters is 1. The molecule has 0 aliphatic rings. The van der Waals surface area contributed by atoms with Gasteiger partial charge in [-0.25, -0.2) is 4.79 Å². The van der Waals surface area contributed by atoms with Crippen LogP contribution in [0, 0.1) is 6.92 Å². The number of nitrogens with zero attached hydrogens (tertiary/aromatic N) is 1. The zero-order chi connectivity index (χ0) is 12.7. The number of carbonyl (C=O) groups excluding carboxylic acids is 1. The lowest BCUT2D eigenvalue weighted by Gasteiger charge is -2.02. The predicted molar refractivity (Wildman–Crippen MR) is 70.8 cm³/mol. The van der Waals surface area contributed by atoms with Crippen molar-refractivity contribution in [2.45, 2.75) is 6.92 Å². The molecule has 0 aliphatic heterocycles. The lowest BCUT2D eigenvalue weighted by atomic mass is 10.2. The summed E-state index contributed by atoms with van der Waals surface area (Å²) in [5.74, 6) is -0.469. The highest BCUT2D eigenvalue weighted by Crippen LogP contribution is 2.33. The Balaban J connectivity index is 2.99. The van der Waals surface area contributed by atoms with Gasteiger partial charge in [-0.1, -0.05) is 0 Å². The minimum atomic E-state index is -0.469. The molecule has 17 heavy (non-hydrogen) atoms. The number of hydrogen-bond acceptors (Lipinski definition) is 4. The second-order valence-electron chi connectivity index (χ2n) is 3.62. The molecule has 2 aromatic heterocycles. The van der Waals surface area contributed by atoms with Gasteiger partial charge in [0.15, 0.2) is 0 Å². The molecular formula is C11H10BrNO3S. The summed E-state index contributed by atoms with van der Waals surface area (Å²) in [6, 6.07) is 0. The SMILES string of the molecule is COC(=O)c1c(C)sc2c(Br)cn(C)c(=O)c12. The number of fused-ring (bicyclic) bond motifs is 1. The Labute approximate surface area is 110 Å². The fourth-order valence-electron chi connectivity index (χ4n) is 1.73. The largest absolute Gasteiger partial charge is 0.465 e. The lowest BCUT2D eigenvalue weighted by molar-refractivity contribution is 0.0602. The van der Waals surface area contributed by atoms with E-state index in [2.05, 4.69) is 15.9 Å². The molecule has 6 heteroatoms. The molecule has 2 heterocycles. The number of halogens is 1. The second-order valence-corrected chi connectivity index (χ2v) is 5.70. The van der Waals surface area contributed by atoms with Crippen LogP contribution >= 0.6 is 27.3 Å². The number of rotatable bonds is 1. The summed E-state index contributed by atoms with van der Waals surface area (Å²) >= 11 is 4.81. The molecule has 0 radical (unpaired) electrons. The monoisotopic (exact) mass is 315 g/mol. The lowest BCUT2D eigenvalue weighted by Crippen LogP contribution is -2.18. The maximum Gasteiger partial charge on any atom is 0.339 e.